The van der Waals surface area contributed by atoms with Crippen LogP contribution in [-0.4, -0.2) is 6.03 Å². The van der Waals surface area contributed by atoms with Crippen LogP contribution in [0.5, 0.6) is 0 Å². The van der Waals surface area contributed by atoms with Crippen LogP contribution in [0.25, 0.3) is 0 Å². The van der Waals surface area contributed by atoms with Gasteiger partial charge in [-0.25, -0.2) is 4.79 Å². The van der Waals surface area contributed by atoms with Crippen molar-refractivity contribution in [3.8, 4) is 0 Å². The van der Waals surface area contributed by atoms with Crippen molar-refractivity contribution < 1.29 is 4.79 Å². The summed E-state index contributed by atoms with van der Waals surface area (Å²) in [4.78, 5) is 12.2. The summed E-state index contributed by atoms with van der Waals surface area (Å²) in [7, 11) is 0. The Bertz CT molecular complexity index is 647. The number of carbonyl (C=O) groups excluding carboxylic acids is 1. The fraction of sp³-hybridized carbons (Fsp3) is 0.278. The van der Waals surface area contributed by atoms with Gasteiger partial charge in [-0.15, -0.1) is 0 Å². The molecule has 21 heavy (non-hydrogen) atoms. The average molecular weight is 282 g/mol. The van der Waals surface area contributed by atoms with E-state index >= 15 is 0 Å². The third kappa shape index (κ3) is 3.85. The van der Waals surface area contributed by atoms with Crippen molar-refractivity contribution in [2.24, 2.45) is 0 Å². The zero-order chi connectivity index (χ0) is 15.4. The average Bonchev–Trinajstić information content (AvgIpc) is 2.42. The van der Waals surface area contributed by atoms with Gasteiger partial charge in [0.1, 0.15) is 0 Å². The summed E-state index contributed by atoms with van der Waals surface area (Å²) >= 11 is 0. The minimum Gasteiger partial charge on any atom is -0.307 e. The molecular weight excluding hydrogens is 260 g/mol. The molecule has 2 amide bonds. The molecule has 0 atom stereocenters. The van der Waals surface area contributed by atoms with Crippen LogP contribution in [0.15, 0.2) is 42.5 Å². The molecule has 0 heterocycles. The minimum absolute atomic E-state index is 0.213. The third-order valence-corrected chi connectivity index (χ3v) is 3.46. The first-order valence-corrected chi connectivity index (χ1v) is 7.21. The number of hydrogen-bond donors (Lipinski definition) is 2. The number of urea groups is 1. The molecule has 3 heteroatoms. The summed E-state index contributed by atoms with van der Waals surface area (Å²) in [6, 6.07) is 13.6. The summed E-state index contributed by atoms with van der Waals surface area (Å²) in [5.41, 5.74) is 5.06. The van der Waals surface area contributed by atoms with Crippen molar-refractivity contribution in [3.05, 3.63) is 59.2 Å². The molecule has 0 unspecified atom stereocenters. The second kappa shape index (κ2) is 6.44. The monoisotopic (exact) mass is 282 g/mol. The van der Waals surface area contributed by atoms with Gasteiger partial charge in [-0.3, -0.25) is 0 Å². The number of carbonyl (C=O) groups is 1. The molecule has 0 aromatic heterocycles. The van der Waals surface area contributed by atoms with E-state index in [1.54, 1.807) is 0 Å². The molecule has 0 aliphatic rings. The van der Waals surface area contributed by atoms with Gasteiger partial charge in [-0.2, -0.15) is 0 Å². The van der Waals surface area contributed by atoms with E-state index in [0.29, 0.717) is 5.92 Å². The number of nitrogens with one attached hydrogen (secondary N) is 2. The van der Waals surface area contributed by atoms with Crippen LogP contribution in [0.3, 0.4) is 0 Å². The van der Waals surface area contributed by atoms with Gasteiger partial charge in [0.25, 0.3) is 0 Å². The Kier molecular flexibility index (Phi) is 4.63. The first-order valence-electron chi connectivity index (χ1n) is 7.21. The van der Waals surface area contributed by atoms with Gasteiger partial charge >= 0.3 is 6.03 Å². The van der Waals surface area contributed by atoms with Gasteiger partial charge in [-0.1, -0.05) is 49.7 Å². The second-order valence-electron chi connectivity index (χ2n) is 5.64. The molecule has 0 fully saturated rings. The van der Waals surface area contributed by atoms with Crippen LogP contribution in [0.1, 0.15) is 36.5 Å². The lowest BCUT2D eigenvalue weighted by atomic mass is 10.0. The molecular formula is C18H22N2O. The van der Waals surface area contributed by atoms with Gasteiger partial charge < -0.3 is 10.6 Å². The molecule has 0 aliphatic carbocycles. The highest BCUT2D eigenvalue weighted by atomic mass is 16.2. The van der Waals surface area contributed by atoms with Gasteiger partial charge in [-0.05, 0) is 43.0 Å². The molecule has 2 rings (SSSR count). The van der Waals surface area contributed by atoms with E-state index in [2.05, 4.69) is 30.5 Å². The predicted octanol–water partition coefficient (Wildman–Crippen LogP) is 5.07. The number of rotatable bonds is 3. The molecule has 2 N–H and O–H groups in total. The second-order valence-corrected chi connectivity index (χ2v) is 5.64. The number of benzene rings is 2. The molecule has 2 aromatic rings. The Morgan fingerprint density at radius 1 is 0.952 bits per heavy atom. The van der Waals surface area contributed by atoms with E-state index in [-0.39, 0.29) is 6.03 Å². The molecule has 0 spiro atoms. The lowest BCUT2D eigenvalue weighted by Crippen LogP contribution is -2.21. The Hall–Kier alpha value is -2.29. The van der Waals surface area contributed by atoms with E-state index in [1.165, 1.54) is 5.56 Å². The van der Waals surface area contributed by atoms with Gasteiger partial charge in [0.2, 0.25) is 0 Å². The maximum Gasteiger partial charge on any atom is 0.323 e. The van der Waals surface area contributed by atoms with Gasteiger partial charge in [0, 0.05) is 11.4 Å². The normalized spacial score (nSPS) is 10.5. The van der Waals surface area contributed by atoms with Crippen LogP contribution >= 0.6 is 0 Å². The van der Waals surface area contributed by atoms with E-state index in [4.69, 9.17) is 0 Å². The van der Waals surface area contributed by atoms with E-state index in [0.717, 1.165) is 22.5 Å². The molecule has 2 aromatic carbocycles. The Morgan fingerprint density at radius 2 is 1.62 bits per heavy atom. The van der Waals surface area contributed by atoms with Crippen molar-refractivity contribution in [3.63, 3.8) is 0 Å². The third-order valence-electron chi connectivity index (χ3n) is 3.46. The summed E-state index contributed by atoms with van der Waals surface area (Å²) in [6.45, 7) is 8.26. The van der Waals surface area contributed by atoms with Crippen LogP contribution in [0.2, 0.25) is 0 Å². The highest BCUT2D eigenvalue weighted by molar-refractivity contribution is 6.00. The van der Waals surface area contributed by atoms with Crippen LogP contribution < -0.4 is 10.6 Å². The summed E-state index contributed by atoms with van der Waals surface area (Å²) < 4.78 is 0. The number of para-hydroxylation sites is 1. The highest BCUT2D eigenvalue weighted by Gasteiger charge is 2.09. The number of hydrogen-bond acceptors (Lipinski definition) is 1. The van der Waals surface area contributed by atoms with Crippen LogP contribution in [0.4, 0.5) is 16.2 Å². The Labute approximate surface area is 126 Å². The van der Waals surface area contributed by atoms with E-state index in [9.17, 15) is 4.79 Å². The van der Waals surface area contributed by atoms with Crippen molar-refractivity contribution in [1.29, 1.82) is 0 Å². The molecule has 3 nitrogen and oxygen atoms in total. The van der Waals surface area contributed by atoms with E-state index in [1.807, 2.05) is 50.2 Å². The maximum absolute atomic E-state index is 12.2. The molecule has 110 valence electrons. The minimum atomic E-state index is -0.213. The molecule has 0 saturated heterocycles. The van der Waals surface area contributed by atoms with Crippen LogP contribution in [0, 0.1) is 13.8 Å². The van der Waals surface area contributed by atoms with Crippen molar-refractivity contribution in [2.45, 2.75) is 33.6 Å². The number of anilines is 2. The predicted molar refractivity (Wildman–Crippen MR) is 89.1 cm³/mol. The van der Waals surface area contributed by atoms with Crippen molar-refractivity contribution >= 4 is 17.4 Å². The smallest absolute Gasteiger partial charge is 0.307 e. The molecule has 0 radical (unpaired) electrons. The lowest BCUT2D eigenvalue weighted by molar-refractivity contribution is 0.262. The lowest BCUT2D eigenvalue weighted by Gasteiger charge is -2.15. The van der Waals surface area contributed by atoms with Crippen molar-refractivity contribution in [2.75, 3.05) is 10.6 Å². The zero-order valence-electron chi connectivity index (χ0n) is 13.0. The first-order chi connectivity index (χ1) is 9.97. The zero-order valence-corrected chi connectivity index (χ0v) is 13.0. The summed E-state index contributed by atoms with van der Waals surface area (Å²) in [6.07, 6.45) is 0. The Morgan fingerprint density at radius 3 is 2.29 bits per heavy atom. The molecule has 0 aliphatic heterocycles. The molecule has 0 saturated carbocycles. The summed E-state index contributed by atoms with van der Waals surface area (Å²) in [5, 5.41) is 5.83. The fourth-order valence-corrected chi connectivity index (χ4v) is 2.34. The fourth-order valence-electron chi connectivity index (χ4n) is 2.34. The first kappa shape index (κ1) is 15.1. The summed E-state index contributed by atoms with van der Waals surface area (Å²) in [5.74, 6) is 0.364. The largest absolute Gasteiger partial charge is 0.323 e. The number of amides is 2. The maximum atomic E-state index is 12.2. The van der Waals surface area contributed by atoms with Gasteiger partial charge in [0.15, 0.2) is 0 Å². The molecule has 0 bridgehead atoms. The van der Waals surface area contributed by atoms with Crippen LogP contribution in [-0.2, 0) is 0 Å². The highest BCUT2D eigenvalue weighted by Crippen LogP contribution is 2.24. The number of aryl methyl sites for hydroxylation is 2. The Balaban J connectivity index is 2.12. The van der Waals surface area contributed by atoms with E-state index < -0.39 is 0 Å². The quantitative estimate of drug-likeness (QED) is 0.810. The standard InChI is InChI=1S/C18H22N2O/c1-12(2)15-7-5-6-8-17(15)20-18(21)19-16-10-9-13(3)11-14(16)4/h5-12H,1-4H3,(H2,19,20,21). The topological polar surface area (TPSA) is 41.1 Å². The van der Waals surface area contributed by atoms with Crippen molar-refractivity contribution in [1.82, 2.24) is 0 Å². The SMILES string of the molecule is Cc1ccc(NC(=O)Nc2ccccc2C(C)C)c(C)c1. The van der Waals surface area contributed by atoms with Gasteiger partial charge in [0.05, 0.1) is 0 Å².